The first-order valence-electron chi connectivity index (χ1n) is 28.3. The van der Waals surface area contributed by atoms with Crippen LogP contribution in [0.25, 0.3) is 0 Å². The lowest BCUT2D eigenvalue weighted by molar-refractivity contribution is -0.381. The second-order valence-electron chi connectivity index (χ2n) is 22.6. The van der Waals surface area contributed by atoms with Crippen LogP contribution in [0.2, 0.25) is 0 Å². The molecule has 0 radical (unpaired) electrons. The number of carboxylic acid groups (broad SMARTS) is 2. The summed E-state index contributed by atoms with van der Waals surface area (Å²) in [5.41, 5.74) is 0. The average molecular weight is 1330 g/mol. The van der Waals surface area contributed by atoms with Crippen LogP contribution in [-0.4, -0.2) is 373 Å². The van der Waals surface area contributed by atoms with Crippen molar-refractivity contribution in [2.45, 2.75) is 236 Å². The third-order valence-corrected chi connectivity index (χ3v) is 16.0. The summed E-state index contributed by atoms with van der Waals surface area (Å²) in [6, 6.07) is -6.96. The molecule has 524 valence electrons. The fourth-order valence-electron chi connectivity index (χ4n) is 11.3. The van der Waals surface area contributed by atoms with Gasteiger partial charge in [-0.2, -0.15) is 0 Å². The Morgan fingerprint density at radius 3 is 1.38 bits per heavy atom. The van der Waals surface area contributed by atoms with Gasteiger partial charge < -0.3 is 176 Å². The lowest BCUT2D eigenvalue weighted by atomic mass is 9.88. The molecular formula is C50H82N4O37. The first kappa shape index (κ1) is 75.7. The fraction of sp³-hybridized carbons (Fsp3) is 0.880. The predicted octanol–water partition coefficient (Wildman–Crippen LogP) is -15.1. The molecule has 6 heterocycles. The molecule has 41 nitrogen and oxygen atoms in total. The lowest BCUT2D eigenvalue weighted by Gasteiger charge is -2.51. The zero-order chi connectivity index (χ0) is 68.0. The molecule has 6 fully saturated rings. The van der Waals surface area contributed by atoms with E-state index in [1.807, 2.05) is 0 Å². The molecule has 0 aliphatic carbocycles. The summed E-state index contributed by atoms with van der Waals surface area (Å²) < 4.78 is 62.8. The Labute approximate surface area is 514 Å². The molecule has 24 N–H and O–H groups in total. The number of carboxylic acids is 2. The van der Waals surface area contributed by atoms with Crippen LogP contribution in [0.4, 0.5) is 0 Å². The molecule has 0 aromatic heterocycles. The Morgan fingerprint density at radius 2 is 0.890 bits per heavy atom. The van der Waals surface area contributed by atoms with Gasteiger partial charge >= 0.3 is 11.9 Å². The maximum Gasteiger partial charge on any atom is 0.364 e. The lowest BCUT2D eigenvalue weighted by Crippen LogP contribution is -2.71. The molecule has 0 bridgehead atoms. The Bertz CT molecular complexity index is 2450. The van der Waals surface area contributed by atoms with E-state index in [2.05, 4.69) is 21.3 Å². The molecule has 6 aliphatic rings. The van der Waals surface area contributed by atoms with E-state index in [9.17, 15) is 131 Å². The van der Waals surface area contributed by atoms with Crippen molar-refractivity contribution < 1.29 is 183 Å². The van der Waals surface area contributed by atoms with Crippen molar-refractivity contribution >= 4 is 35.6 Å². The molecule has 6 rings (SSSR count). The van der Waals surface area contributed by atoms with E-state index in [0.29, 0.717) is 0 Å². The highest BCUT2D eigenvalue weighted by molar-refractivity contribution is 5.77. The van der Waals surface area contributed by atoms with Gasteiger partial charge in [0, 0.05) is 40.5 Å². The van der Waals surface area contributed by atoms with E-state index in [-0.39, 0.29) is 0 Å². The predicted molar refractivity (Wildman–Crippen MR) is 280 cm³/mol. The molecule has 4 amide bonds. The number of rotatable bonds is 26. The maximum absolute atomic E-state index is 13.1. The largest absolute Gasteiger partial charge is 0.477 e. The Kier molecular flexibility index (Phi) is 26.6. The van der Waals surface area contributed by atoms with Crippen molar-refractivity contribution in [3.63, 3.8) is 0 Å². The first-order valence-corrected chi connectivity index (χ1v) is 28.3. The number of ether oxygens (including phenoxy) is 11. The summed E-state index contributed by atoms with van der Waals surface area (Å²) >= 11 is 0. The number of amides is 4. The molecule has 0 saturated carbocycles. The molecule has 91 heavy (non-hydrogen) atoms. The average Bonchev–Trinajstić information content (AvgIpc) is 0.790. The number of hydrogen-bond donors (Lipinski definition) is 24. The van der Waals surface area contributed by atoms with Gasteiger partial charge in [-0.25, -0.2) is 9.59 Å². The Morgan fingerprint density at radius 1 is 0.462 bits per heavy atom. The van der Waals surface area contributed by atoms with Crippen LogP contribution in [0.3, 0.4) is 0 Å². The summed E-state index contributed by atoms with van der Waals surface area (Å²) in [5.74, 6) is -13.8. The van der Waals surface area contributed by atoms with E-state index in [0.717, 1.165) is 27.7 Å². The number of hydrogen-bond acceptors (Lipinski definition) is 35. The quantitative estimate of drug-likeness (QED) is 0.0382. The number of aliphatic hydroxyl groups is 18. The van der Waals surface area contributed by atoms with Crippen molar-refractivity contribution in [1.82, 2.24) is 21.3 Å². The van der Waals surface area contributed by atoms with E-state index in [1.54, 1.807) is 0 Å². The topological polar surface area (TPSA) is 657 Å². The van der Waals surface area contributed by atoms with Crippen molar-refractivity contribution in [3.05, 3.63) is 0 Å². The first-order chi connectivity index (χ1) is 42.6. The number of aliphatic carboxylic acids is 2. The zero-order valence-electron chi connectivity index (χ0n) is 48.9. The van der Waals surface area contributed by atoms with Gasteiger partial charge in [0.05, 0.1) is 63.9 Å². The summed E-state index contributed by atoms with van der Waals surface area (Å²) in [7, 11) is 0. The molecule has 0 aromatic rings. The molecule has 0 spiro atoms. The normalized spacial score (nSPS) is 43.5. The highest BCUT2D eigenvalue weighted by atomic mass is 16.8. The monoisotopic (exact) mass is 1330 g/mol. The number of carbonyl (C=O) groups excluding carboxylic acids is 4. The molecule has 0 aromatic carbocycles. The van der Waals surface area contributed by atoms with Gasteiger partial charge in [0.2, 0.25) is 23.6 Å². The van der Waals surface area contributed by atoms with Crippen molar-refractivity contribution in [3.8, 4) is 0 Å². The highest BCUT2D eigenvalue weighted by Gasteiger charge is 2.62. The molecule has 6 aliphatic heterocycles. The summed E-state index contributed by atoms with van der Waals surface area (Å²) in [5, 5.41) is 226. The van der Waals surface area contributed by atoms with E-state index in [1.165, 1.54) is 0 Å². The van der Waals surface area contributed by atoms with Crippen LogP contribution in [0.15, 0.2) is 0 Å². The summed E-state index contributed by atoms with van der Waals surface area (Å²) in [6.07, 6.45) is -57.0. The Hall–Kier alpha value is -4.34. The van der Waals surface area contributed by atoms with Crippen LogP contribution in [0.1, 0.15) is 40.5 Å². The maximum atomic E-state index is 13.1. The summed E-state index contributed by atoms with van der Waals surface area (Å²) in [4.78, 5) is 75.1. The molecule has 32 atom stereocenters. The van der Waals surface area contributed by atoms with Crippen molar-refractivity contribution in [2.75, 3.05) is 39.6 Å². The van der Waals surface area contributed by atoms with Crippen molar-refractivity contribution in [1.29, 1.82) is 0 Å². The van der Waals surface area contributed by atoms with Crippen LogP contribution in [0.5, 0.6) is 0 Å². The fourth-order valence-corrected chi connectivity index (χ4v) is 11.3. The molecule has 6 saturated heterocycles. The second kappa shape index (κ2) is 31.9. The van der Waals surface area contributed by atoms with E-state index >= 15 is 0 Å². The van der Waals surface area contributed by atoms with E-state index in [4.69, 9.17) is 52.1 Å². The third kappa shape index (κ3) is 17.0. The number of carbonyl (C=O) groups is 6. The van der Waals surface area contributed by atoms with Crippen molar-refractivity contribution in [2.24, 2.45) is 0 Å². The van der Waals surface area contributed by atoms with Crippen LogP contribution < -0.4 is 21.3 Å². The minimum Gasteiger partial charge on any atom is -0.477 e. The molecular weight excluding hydrogens is 1250 g/mol. The standard InChI is InChI=1S/C50H82N4O37/c1-13(59)51-25-17(63)5-49(47(77)78,89-40(25)29(67)19(65)7-55)82-12-24-31(69)35(73)36(74)45(86-24)87-38-22(10-58)85-44(27(34(38)72)53-15(3)61)81-11-23-33(71)39(28(43(76)83-23)54-16(4)62)88-46-37(75)42(32(70)21(9-57)84-46)91-50(48(79)80)6-18(64)26(52-14(2)60)41(90-50)30(68)20(66)8-56/h17-46,55-58,63-76H,5-12H2,1-4H3,(H,51,59)(H,52,60)(H,53,61)(H,54,62)(H,77,78)(H,79,80)/t17-,18-,19+,20+,21+,22+,23+,24+,25+,26+,27+,28+,29+,30+,31-,32-,33-,34+,35-,36+,37+,38+,39+,40+,41+,42-,43-,44+,45-,46-,49+,50-/m0/s1. The Balaban J connectivity index is 1.20. The summed E-state index contributed by atoms with van der Waals surface area (Å²) in [6.45, 7) is -2.78. The van der Waals surface area contributed by atoms with Gasteiger partial charge in [-0.1, -0.05) is 0 Å². The van der Waals surface area contributed by atoms with Crippen LogP contribution in [0, 0.1) is 0 Å². The van der Waals surface area contributed by atoms with Gasteiger partial charge in [0.1, 0.15) is 134 Å². The van der Waals surface area contributed by atoms with Crippen LogP contribution >= 0.6 is 0 Å². The van der Waals surface area contributed by atoms with Gasteiger partial charge in [0.15, 0.2) is 25.2 Å². The highest BCUT2D eigenvalue weighted by Crippen LogP contribution is 2.40. The second-order valence-corrected chi connectivity index (χ2v) is 22.6. The van der Waals surface area contributed by atoms with Gasteiger partial charge in [0.25, 0.3) is 11.6 Å². The molecule has 41 heteroatoms. The van der Waals surface area contributed by atoms with Gasteiger partial charge in [-0.3, -0.25) is 19.2 Å². The number of nitrogens with one attached hydrogen (secondary N) is 4. The minimum absolute atomic E-state index is 0.804. The smallest absolute Gasteiger partial charge is 0.364 e. The van der Waals surface area contributed by atoms with E-state index < -0.39 is 283 Å². The number of aliphatic hydroxyl groups excluding tert-OH is 18. The zero-order valence-corrected chi connectivity index (χ0v) is 48.9. The third-order valence-electron chi connectivity index (χ3n) is 16.0. The minimum atomic E-state index is -3.23. The van der Waals surface area contributed by atoms with Crippen LogP contribution in [-0.2, 0) is 80.9 Å². The van der Waals surface area contributed by atoms with Gasteiger partial charge in [-0.15, -0.1) is 0 Å². The molecule has 0 unspecified atom stereocenters. The SMILES string of the molecule is CC(=O)N[C@@H]1[C@@H](O[C@@H]2O[C@H](CO)[C@H](O)[C@H](O[C@]3(C(=O)O)C[C@H](O)[C@@H](NC(C)=O)[C@H]([C@H](O)[C@H](O)CO)O3)[C@H]2O)[C@@H](O)[C@@H](CO[C@@H]2O[C@H](CO)[C@@H](O[C@@H]3O[C@H](CO[C@]4(C(=O)O)C[C@H](O)[C@@H](NC(C)=O)[C@H]([C@H](O)[C@H](O)CO)O4)[C@H](O)[C@H](O)[C@H]3O)[C@H](O)[C@H]2NC(C)=O)O[C@@H]1O. The van der Waals surface area contributed by atoms with Gasteiger partial charge in [-0.05, 0) is 0 Å².